The minimum atomic E-state index is -0.331. The molecule has 0 saturated carbocycles. The van der Waals surface area contributed by atoms with Gasteiger partial charge in [-0.1, -0.05) is 54.6 Å². The van der Waals surface area contributed by atoms with Crippen LogP contribution in [0.4, 0.5) is 5.69 Å². The maximum atomic E-state index is 12.6. The Hall–Kier alpha value is -3.60. The Morgan fingerprint density at radius 3 is 2.18 bits per heavy atom. The molecule has 0 heterocycles. The van der Waals surface area contributed by atoms with Crippen molar-refractivity contribution in [2.75, 3.05) is 19.0 Å². The van der Waals surface area contributed by atoms with Gasteiger partial charge in [0.05, 0.1) is 23.9 Å². The first-order valence-electron chi connectivity index (χ1n) is 9.04. The van der Waals surface area contributed by atoms with Crippen LogP contribution in [0.3, 0.4) is 0 Å². The van der Waals surface area contributed by atoms with Gasteiger partial charge in [-0.2, -0.15) is 0 Å². The number of amides is 2. The van der Waals surface area contributed by atoms with Gasteiger partial charge in [-0.15, -0.1) is 0 Å². The van der Waals surface area contributed by atoms with Gasteiger partial charge >= 0.3 is 0 Å². The summed E-state index contributed by atoms with van der Waals surface area (Å²) >= 11 is 0. The summed E-state index contributed by atoms with van der Waals surface area (Å²) in [5.74, 6) is -0.0846. The van der Waals surface area contributed by atoms with Gasteiger partial charge in [0.25, 0.3) is 11.8 Å². The number of para-hydroxylation sites is 2. The molecule has 0 aromatic heterocycles. The summed E-state index contributed by atoms with van der Waals surface area (Å²) in [7, 11) is 1.51. The Kier molecular flexibility index (Phi) is 6.41. The molecule has 0 fully saturated rings. The zero-order valence-electron chi connectivity index (χ0n) is 15.6. The van der Waals surface area contributed by atoms with E-state index in [9.17, 15) is 9.59 Å². The molecule has 0 saturated heterocycles. The van der Waals surface area contributed by atoms with Gasteiger partial charge in [-0.25, -0.2) is 0 Å². The largest absolute Gasteiger partial charge is 0.496 e. The lowest BCUT2D eigenvalue weighted by atomic mass is 10.1. The zero-order valence-corrected chi connectivity index (χ0v) is 15.6. The minimum absolute atomic E-state index is 0.230. The molecule has 3 rings (SSSR count). The number of anilines is 1. The third-order valence-corrected chi connectivity index (χ3v) is 4.31. The Labute approximate surface area is 164 Å². The first kappa shape index (κ1) is 19.2. The summed E-state index contributed by atoms with van der Waals surface area (Å²) in [6.07, 6.45) is 0.738. The van der Waals surface area contributed by atoms with Gasteiger partial charge in [0.1, 0.15) is 5.75 Å². The number of carbonyl (C=O) groups is 2. The minimum Gasteiger partial charge on any atom is -0.496 e. The third kappa shape index (κ3) is 4.76. The standard InChI is InChI=1S/C23H22N2O3/c1-28-21-14-8-6-12-19(21)23(27)25-20-13-7-5-11-18(20)22(26)24-16-15-17-9-3-2-4-10-17/h2-14H,15-16H2,1H3,(H,24,26)(H,25,27). The van der Waals surface area contributed by atoms with Crippen molar-refractivity contribution < 1.29 is 14.3 Å². The molecular weight excluding hydrogens is 352 g/mol. The average molecular weight is 374 g/mol. The molecule has 0 radical (unpaired) electrons. The summed E-state index contributed by atoms with van der Waals surface area (Å²) in [6.45, 7) is 0.512. The highest BCUT2D eigenvalue weighted by Crippen LogP contribution is 2.21. The molecule has 3 aromatic carbocycles. The smallest absolute Gasteiger partial charge is 0.259 e. The molecule has 0 atom stereocenters. The molecule has 28 heavy (non-hydrogen) atoms. The number of hydrogen-bond acceptors (Lipinski definition) is 3. The Bertz CT molecular complexity index is 955. The van der Waals surface area contributed by atoms with Crippen LogP contribution in [0, 0.1) is 0 Å². The van der Waals surface area contributed by atoms with Crippen LogP contribution in [0.25, 0.3) is 0 Å². The van der Waals surface area contributed by atoms with E-state index in [-0.39, 0.29) is 11.8 Å². The van der Waals surface area contributed by atoms with Crippen LogP contribution >= 0.6 is 0 Å². The van der Waals surface area contributed by atoms with E-state index in [0.717, 1.165) is 12.0 Å². The number of methoxy groups -OCH3 is 1. The van der Waals surface area contributed by atoms with Crippen LogP contribution in [0.5, 0.6) is 5.75 Å². The second kappa shape index (κ2) is 9.37. The van der Waals surface area contributed by atoms with E-state index in [2.05, 4.69) is 10.6 Å². The second-order valence-electron chi connectivity index (χ2n) is 6.19. The summed E-state index contributed by atoms with van der Waals surface area (Å²) in [6, 6.07) is 23.8. The van der Waals surface area contributed by atoms with Crippen molar-refractivity contribution in [3.05, 3.63) is 95.6 Å². The monoisotopic (exact) mass is 374 g/mol. The van der Waals surface area contributed by atoms with Crippen LogP contribution in [0.2, 0.25) is 0 Å². The summed E-state index contributed by atoms with van der Waals surface area (Å²) < 4.78 is 5.24. The number of rotatable bonds is 7. The Morgan fingerprint density at radius 1 is 0.786 bits per heavy atom. The molecule has 0 spiro atoms. The quantitative estimate of drug-likeness (QED) is 0.659. The van der Waals surface area contributed by atoms with Crippen molar-refractivity contribution in [2.45, 2.75) is 6.42 Å². The topological polar surface area (TPSA) is 67.4 Å². The highest BCUT2D eigenvalue weighted by molar-refractivity contribution is 6.10. The SMILES string of the molecule is COc1ccccc1C(=O)Nc1ccccc1C(=O)NCCc1ccccc1. The van der Waals surface area contributed by atoms with Gasteiger partial charge in [0.2, 0.25) is 0 Å². The van der Waals surface area contributed by atoms with E-state index in [1.807, 2.05) is 30.3 Å². The van der Waals surface area contributed by atoms with Gasteiger partial charge in [-0.3, -0.25) is 9.59 Å². The molecule has 0 unspecified atom stereocenters. The lowest BCUT2D eigenvalue weighted by Gasteiger charge is -2.13. The van der Waals surface area contributed by atoms with E-state index in [1.165, 1.54) is 7.11 Å². The first-order valence-corrected chi connectivity index (χ1v) is 9.04. The van der Waals surface area contributed by atoms with Crippen molar-refractivity contribution in [1.29, 1.82) is 0 Å². The lowest BCUT2D eigenvalue weighted by Crippen LogP contribution is -2.27. The molecule has 3 aromatic rings. The van der Waals surface area contributed by atoms with Gasteiger partial charge < -0.3 is 15.4 Å². The van der Waals surface area contributed by atoms with Crippen molar-refractivity contribution in [3.63, 3.8) is 0 Å². The number of ether oxygens (including phenoxy) is 1. The molecule has 5 heteroatoms. The van der Waals surface area contributed by atoms with E-state index in [0.29, 0.717) is 29.1 Å². The first-order chi connectivity index (χ1) is 13.7. The Balaban J connectivity index is 1.68. The molecule has 5 nitrogen and oxygen atoms in total. The summed E-state index contributed by atoms with van der Waals surface area (Å²) in [5.41, 5.74) is 2.43. The average Bonchev–Trinajstić information content (AvgIpc) is 2.74. The molecule has 0 aliphatic carbocycles. The van der Waals surface area contributed by atoms with Crippen molar-refractivity contribution >= 4 is 17.5 Å². The molecule has 2 N–H and O–H groups in total. The fraction of sp³-hybridized carbons (Fsp3) is 0.130. The van der Waals surface area contributed by atoms with Crippen LogP contribution in [-0.4, -0.2) is 25.5 Å². The molecule has 0 aliphatic rings. The predicted octanol–water partition coefficient (Wildman–Crippen LogP) is 3.92. The van der Waals surface area contributed by atoms with Gasteiger partial charge in [0.15, 0.2) is 0 Å². The maximum absolute atomic E-state index is 12.6. The third-order valence-electron chi connectivity index (χ3n) is 4.31. The molecular formula is C23H22N2O3. The highest BCUT2D eigenvalue weighted by atomic mass is 16.5. The fourth-order valence-corrected chi connectivity index (χ4v) is 2.87. The highest BCUT2D eigenvalue weighted by Gasteiger charge is 2.16. The number of carbonyl (C=O) groups excluding carboxylic acids is 2. The summed E-state index contributed by atoms with van der Waals surface area (Å²) in [4.78, 5) is 25.3. The molecule has 0 bridgehead atoms. The van der Waals surface area contributed by atoms with Crippen LogP contribution in [-0.2, 0) is 6.42 Å². The lowest BCUT2D eigenvalue weighted by molar-refractivity contribution is 0.0955. The van der Waals surface area contributed by atoms with E-state index in [1.54, 1.807) is 48.5 Å². The molecule has 0 aliphatic heterocycles. The van der Waals surface area contributed by atoms with Gasteiger partial charge in [0, 0.05) is 6.54 Å². The Morgan fingerprint density at radius 2 is 1.43 bits per heavy atom. The van der Waals surface area contributed by atoms with Gasteiger partial charge in [-0.05, 0) is 36.2 Å². The molecule has 142 valence electrons. The fourth-order valence-electron chi connectivity index (χ4n) is 2.87. The zero-order chi connectivity index (χ0) is 19.8. The second-order valence-corrected chi connectivity index (χ2v) is 6.19. The summed E-state index contributed by atoms with van der Waals surface area (Å²) in [5, 5.41) is 5.72. The van der Waals surface area contributed by atoms with Crippen LogP contribution < -0.4 is 15.4 Å². The van der Waals surface area contributed by atoms with E-state index >= 15 is 0 Å². The van der Waals surface area contributed by atoms with Crippen LogP contribution in [0.1, 0.15) is 26.3 Å². The predicted molar refractivity (Wildman–Crippen MR) is 110 cm³/mol. The van der Waals surface area contributed by atoms with Crippen molar-refractivity contribution in [1.82, 2.24) is 5.32 Å². The van der Waals surface area contributed by atoms with Crippen LogP contribution in [0.15, 0.2) is 78.9 Å². The number of hydrogen-bond donors (Lipinski definition) is 2. The molecule has 2 amide bonds. The number of benzene rings is 3. The van der Waals surface area contributed by atoms with E-state index in [4.69, 9.17) is 4.74 Å². The van der Waals surface area contributed by atoms with Crippen molar-refractivity contribution in [2.24, 2.45) is 0 Å². The van der Waals surface area contributed by atoms with E-state index < -0.39 is 0 Å². The maximum Gasteiger partial charge on any atom is 0.259 e. The number of nitrogens with one attached hydrogen (secondary N) is 2. The normalized spacial score (nSPS) is 10.2. The van der Waals surface area contributed by atoms with Crippen molar-refractivity contribution in [3.8, 4) is 5.75 Å².